The molecule has 0 radical (unpaired) electrons. The molecule has 6 heteroatoms. The van der Waals surface area contributed by atoms with Gasteiger partial charge in [0.25, 0.3) is 0 Å². The fourth-order valence-corrected chi connectivity index (χ4v) is 5.30. The van der Waals surface area contributed by atoms with Crippen LogP contribution in [0.1, 0.15) is 29.2 Å². The second-order valence-corrected chi connectivity index (χ2v) is 9.36. The maximum Gasteiger partial charge on any atom is 0.174 e. The topological polar surface area (TPSA) is 42.3 Å². The Hall–Kier alpha value is -4.42. The number of benzene rings is 3. The third-order valence-electron chi connectivity index (χ3n) is 6.62. The van der Waals surface area contributed by atoms with Crippen LogP contribution in [0.5, 0.6) is 11.5 Å². The lowest BCUT2D eigenvalue weighted by Crippen LogP contribution is -2.30. The Labute approximate surface area is 222 Å². The van der Waals surface area contributed by atoms with Crippen molar-refractivity contribution < 1.29 is 4.74 Å². The molecule has 2 atom stereocenters. The molecule has 1 aliphatic rings. The summed E-state index contributed by atoms with van der Waals surface area (Å²) in [5.41, 5.74) is 5.34. The molecule has 0 unspecified atom stereocenters. The summed E-state index contributed by atoms with van der Waals surface area (Å²) in [6.07, 6.45) is 1.83. The maximum atomic E-state index is 6.02. The van der Waals surface area contributed by atoms with Crippen LogP contribution in [0.2, 0.25) is 0 Å². The molecule has 5 nitrogen and oxygen atoms in total. The molecule has 0 bridgehead atoms. The van der Waals surface area contributed by atoms with Gasteiger partial charge in [-0.15, -0.1) is 0 Å². The van der Waals surface area contributed by atoms with Crippen molar-refractivity contribution in [1.82, 2.24) is 14.9 Å². The van der Waals surface area contributed by atoms with Gasteiger partial charge in [-0.25, -0.2) is 0 Å². The van der Waals surface area contributed by atoms with E-state index in [1.165, 1.54) is 0 Å². The van der Waals surface area contributed by atoms with Gasteiger partial charge in [-0.1, -0.05) is 42.5 Å². The Morgan fingerprint density at radius 1 is 0.730 bits per heavy atom. The van der Waals surface area contributed by atoms with Gasteiger partial charge >= 0.3 is 0 Å². The third-order valence-corrected chi connectivity index (χ3v) is 6.93. The maximum absolute atomic E-state index is 6.02. The van der Waals surface area contributed by atoms with Gasteiger partial charge in [0.2, 0.25) is 0 Å². The van der Waals surface area contributed by atoms with Crippen LogP contribution >= 0.6 is 12.2 Å². The summed E-state index contributed by atoms with van der Waals surface area (Å²) in [7, 11) is 0. The quantitative estimate of drug-likeness (QED) is 0.250. The normalized spacial score (nSPS) is 17.0. The van der Waals surface area contributed by atoms with Gasteiger partial charge in [0.15, 0.2) is 5.11 Å². The molecule has 3 aromatic carbocycles. The number of rotatable bonds is 6. The highest BCUT2D eigenvalue weighted by molar-refractivity contribution is 7.80. The van der Waals surface area contributed by atoms with Gasteiger partial charge in [0.05, 0.1) is 11.7 Å². The summed E-state index contributed by atoms with van der Waals surface area (Å²) in [6.45, 7) is 2.13. The molecule has 1 N–H and O–H groups in total. The van der Waals surface area contributed by atoms with Crippen molar-refractivity contribution in [2.24, 2.45) is 0 Å². The number of nitrogens with zero attached hydrogens (tertiary/aromatic N) is 3. The summed E-state index contributed by atoms with van der Waals surface area (Å²) in [5, 5.41) is 4.22. The van der Waals surface area contributed by atoms with Crippen molar-refractivity contribution in [3.63, 3.8) is 0 Å². The van der Waals surface area contributed by atoms with Crippen LogP contribution in [0.15, 0.2) is 121 Å². The van der Waals surface area contributed by atoms with Crippen molar-refractivity contribution in [2.75, 3.05) is 4.90 Å². The van der Waals surface area contributed by atoms with E-state index in [-0.39, 0.29) is 12.1 Å². The SMILES string of the molecule is Cc1ccc([C@H]2[C@@H](c3ccccn3)NC(=S)N2c2ccc(Oc3ccccc3)cc2)n1-c1ccccc1. The zero-order valence-electron chi connectivity index (χ0n) is 20.4. The van der Waals surface area contributed by atoms with E-state index in [0.717, 1.165) is 40.0 Å². The highest BCUT2D eigenvalue weighted by atomic mass is 32.1. The van der Waals surface area contributed by atoms with Gasteiger partial charge < -0.3 is 19.5 Å². The van der Waals surface area contributed by atoms with E-state index in [2.05, 4.69) is 76.3 Å². The van der Waals surface area contributed by atoms with Gasteiger partial charge in [-0.2, -0.15) is 0 Å². The molecule has 6 rings (SSSR count). The first-order valence-corrected chi connectivity index (χ1v) is 12.7. The fraction of sp³-hybridized carbons (Fsp3) is 0.0968. The number of hydrogen-bond acceptors (Lipinski definition) is 3. The largest absolute Gasteiger partial charge is 0.457 e. The first kappa shape index (κ1) is 23.0. The van der Waals surface area contributed by atoms with Gasteiger partial charge in [-0.05, 0) is 91.9 Å². The number of pyridine rings is 1. The molecule has 2 aromatic heterocycles. The van der Waals surface area contributed by atoms with Gasteiger partial charge in [0.1, 0.15) is 17.5 Å². The first-order valence-electron chi connectivity index (χ1n) is 12.3. The molecule has 1 fully saturated rings. The van der Waals surface area contributed by atoms with Crippen molar-refractivity contribution in [2.45, 2.75) is 19.0 Å². The number of thiocarbonyl (C=S) groups is 1. The first-order chi connectivity index (χ1) is 18.2. The Bertz CT molecular complexity index is 1500. The minimum absolute atomic E-state index is 0.114. The van der Waals surface area contributed by atoms with E-state index in [4.69, 9.17) is 21.9 Å². The molecule has 3 heterocycles. The van der Waals surface area contributed by atoms with Crippen LogP contribution in [0.3, 0.4) is 0 Å². The van der Waals surface area contributed by atoms with Crippen molar-refractivity contribution in [1.29, 1.82) is 0 Å². The molecule has 1 saturated heterocycles. The predicted molar refractivity (Wildman–Crippen MR) is 151 cm³/mol. The summed E-state index contributed by atoms with van der Waals surface area (Å²) < 4.78 is 8.33. The van der Waals surface area contributed by atoms with E-state index in [0.29, 0.717) is 5.11 Å². The standard InChI is InChI=1S/C31H26N4OS/c1-22-15-20-28(34(22)23-10-4-2-5-11-23)30-29(27-14-8-9-21-32-27)33-31(37)35(30)24-16-18-26(19-17-24)36-25-12-6-3-7-13-25/h2-21,29-30H,1H3,(H,33,37)/t29-,30+/m1/s1. The minimum atomic E-state index is -0.120. The lowest BCUT2D eigenvalue weighted by atomic mass is 10.0. The Balaban J connectivity index is 1.42. The number of para-hydroxylation sites is 2. The van der Waals surface area contributed by atoms with Crippen LogP contribution in [0.25, 0.3) is 5.69 Å². The highest BCUT2D eigenvalue weighted by Crippen LogP contribution is 2.43. The monoisotopic (exact) mass is 502 g/mol. The molecule has 0 spiro atoms. The Kier molecular flexibility index (Phi) is 6.16. The van der Waals surface area contributed by atoms with Crippen LogP contribution in [0, 0.1) is 6.92 Å². The van der Waals surface area contributed by atoms with Crippen LogP contribution in [-0.4, -0.2) is 14.7 Å². The molecule has 37 heavy (non-hydrogen) atoms. The molecule has 0 amide bonds. The number of aryl methyl sites for hydroxylation is 1. The number of hydrogen-bond donors (Lipinski definition) is 1. The van der Waals surface area contributed by atoms with Crippen molar-refractivity contribution >= 4 is 23.0 Å². The molecule has 182 valence electrons. The molecule has 0 aliphatic carbocycles. The second-order valence-electron chi connectivity index (χ2n) is 8.98. The molecular formula is C31H26N4OS. The van der Waals surface area contributed by atoms with E-state index in [1.54, 1.807) is 0 Å². The minimum Gasteiger partial charge on any atom is -0.457 e. The lowest BCUT2D eigenvalue weighted by Gasteiger charge is -2.29. The molecular weight excluding hydrogens is 476 g/mol. The summed E-state index contributed by atoms with van der Waals surface area (Å²) in [4.78, 5) is 6.88. The summed E-state index contributed by atoms with van der Waals surface area (Å²) >= 11 is 5.93. The highest BCUT2D eigenvalue weighted by Gasteiger charge is 2.42. The fourth-order valence-electron chi connectivity index (χ4n) is 4.95. The van der Waals surface area contributed by atoms with Crippen molar-refractivity contribution in [3.8, 4) is 17.2 Å². The zero-order chi connectivity index (χ0) is 25.2. The van der Waals surface area contributed by atoms with E-state index < -0.39 is 0 Å². The van der Waals surface area contributed by atoms with E-state index >= 15 is 0 Å². The smallest absolute Gasteiger partial charge is 0.174 e. The van der Waals surface area contributed by atoms with Crippen LogP contribution in [-0.2, 0) is 0 Å². The second kappa shape index (κ2) is 9.91. The third kappa shape index (κ3) is 4.47. The lowest BCUT2D eigenvalue weighted by molar-refractivity contribution is 0.482. The predicted octanol–water partition coefficient (Wildman–Crippen LogP) is 7.15. The van der Waals surface area contributed by atoms with Crippen molar-refractivity contribution in [3.05, 3.63) is 139 Å². The Morgan fingerprint density at radius 2 is 1.41 bits per heavy atom. The molecule has 0 saturated carbocycles. The average molecular weight is 503 g/mol. The van der Waals surface area contributed by atoms with E-state index in [9.17, 15) is 0 Å². The van der Waals surface area contributed by atoms with Gasteiger partial charge in [-0.3, -0.25) is 4.98 Å². The summed E-state index contributed by atoms with van der Waals surface area (Å²) in [6, 6.07) is 38.4. The summed E-state index contributed by atoms with van der Waals surface area (Å²) in [5.74, 6) is 1.58. The van der Waals surface area contributed by atoms with E-state index in [1.807, 2.05) is 66.9 Å². The average Bonchev–Trinajstić information content (AvgIpc) is 3.50. The van der Waals surface area contributed by atoms with Crippen LogP contribution < -0.4 is 15.0 Å². The molecule has 5 aromatic rings. The van der Waals surface area contributed by atoms with Gasteiger partial charge in [0, 0.05) is 29.0 Å². The number of anilines is 1. The molecule has 1 aliphatic heterocycles. The number of nitrogens with one attached hydrogen (secondary N) is 1. The number of aromatic nitrogens is 2. The zero-order valence-corrected chi connectivity index (χ0v) is 21.2. The van der Waals surface area contributed by atoms with Crippen LogP contribution in [0.4, 0.5) is 5.69 Å². The Morgan fingerprint density at radius 3 is 2.11 bits per heavy atom. The number of ether oxygens (including phenoxy) is 1.